The smallest absolute Gasteiger partial charge is 0.341 e. The molecule has 0 aliphatic carbocycles. The summed E-state index contributed by atoms with van der Waals surface area (Å²) in [6, 6.07) is 1.02. The molecule has 1 heterocycles. The Balaban J connectivity index is 3.24. The van der Waals surface area contributed by atoms with E-state index in [1.54, 1.807) is 6.92 Å². The molecule has 1 aromatic heterocycles. The molecule has 0 saturated carbocycles. The van der Waals surface area contributed by atoms with Crippen molar-refractivity contribution in [3.05, 3.63) is 28.0 Å². The van der Waals surface area contributed by atoms with E-state index >= 15 is 0 Å². The molecule has 1 aromatic rings. The van der Waals surface area contributed by atoms with Crippen molar-refractivity contribution in [2.75, 3.05) is 6.61 Å². The van der Waals surface area contributed by atoms with Gasteiger partial charge in [-0.25, -0.2) is 18.6 Å². The third kappa shape index (κ3) is 3.35. The Hall–Kier alpha value is -0.750. The van der Waals surface area contributed by atoms with Gasteiger partial charge in [-0.3, -0.25) is 0 Å². The number of carbonyl (C=O) groups excluding carboxylic acids is 1. The predicted octanol–water partition coefficient (Wildman–Crippen LogP) is 3.74. The van der Waals surface area contributed by atoms with Gasteiger partial charge in [-0.15, -0.1) is 0 Å². The lowest BCUT2D eigenvalue weighted by atomic mass is 10.1. The normalized spacial score (nSPS) is 10.7. The zero-order chi connectivity index (χ0) is 13.0. The van der Waals surface area contributed by atoms with Crippen LogP contribution < -0.4 is 0 Å². The second-order valence-electron chi connectivity index (χ2n) is 3.02. The van der Waals surface area contributed by atoms with Crippen LogP contribution in [0.1, 0.15) is 35.0 Å². The van der Waals surface area contributed by atoms with Crippen molar-refractivity contribution in [3.8, 4) is 0 Å². The fourth-order valence-electron chi connectivity index (χ4n) is 1.19. The second kappa shape index (κ2) is 6.26. The lowest BCUT2D eigenvalue weighted by Gasteiger charge is -2.09. The standard InChI is InChI=1S/C10H9BrClF2NO2/c1-2-17-10(16)6-3-5(9(13)14)7(4-11)15-8(6)12/h3,9H,2,4H2,1H3. The maximum Gasteiger partial charge on any atom is 0.341 e. The minimum Gasteiger partial charge on any atom is -0.462 e. The van der Waals surface area contributed by atoms with E-state index in [0.29, 0.717) is 0 Å². The number of esters is 1. The minimum atomic E-state index is -2.72. The van der Waals surface area contributed by atoms with Gasteiger partial charge >= 0.3 is 5.97 Å². The molecule has 17 heavy (non-hydrogen) atoms. The number of halogens is 4. The highest BCUT2D eigenvalue weighted by atomic mass is 79.9. The molecular weight excluding hydrogens is 319 g/mol. The molecule has 0 atom stereocenters. The fourth-order valence-corrected chi connectivity index (χ4v) is 1.87. The van der Waals surface area contributed by atoms with Gasteiger partial charge in [-0.05, 0) is 13.0 Å². The van der Waals surface area contributed by atoms with Gasteiger partial charge in [0.25, 0.3) is 6.43 Å². The third-order valence-corrected chi connectivity index (χ3v) is 2.76. The molecule has 3 nitrogen and oxygen atoms in total. The molecule has 0 unspecified atom stereocenters. The van der Waals surface area contributed by atoms with Crippen LogP contribution in [0.5, 0.6) is 0 Å². The number of hydrogen-bond donors (Lipinski definition) is 0. The summed E-state index contributed by atoms with van der Waals surface area (Å²) in [6.45, 7) is 1.75. The van der Waals surface area contributed by atoms with Crippen molar-refractivity contribution in [2.45, 2.75) is 18.7 Å². The van der Waals surface area contributed by atoms with Gasteiger partial charge in [0.1, 0.15) is 5.15 Å². The van der Waals surface area contributed by atoms with E-state index in [9.17, 15) is 13.6 Å². The highest BCUT2D eigenvalue weighted by Crippen LogP contribution is 2.28. The van der Waals surface area contributed by atoms with Crippen molar-refractivity contribution in [1.29, 1.82) is 0 Å². The monoisotopic (exact) mass is 327 g/mol. The molecule has 0 N–H and O–H groups in total. The third-order valence-electron chi connectivity index (χ3n) is 1.95. The first-order chi connectivity index (χ1) is 8.01. The average Bonchev–Trinajstić information content (AvgIpc) is 2.28. The fraction of sp³-hybridized carbons (Fsp3) is 0.400. The van der Waals surface area contributed by atoms with Crippen LogP contribution in [0, 0.1) is 0 Å². The molecule has 0 spiro atoms. The number of carbonyl (C=O) groups is 1. The molecule has 0 radical (unpaired) electrons. The predicted molar refractivity (Wildman–Crippen MR) is 62.8 cm³/mol. The van der Waals surface area contributed by atoms with Crippen molar-refractivity contribution < 1.29 is 18.3 Å². The largest absolute Gasteiger partial charge is 0.462 e. The number of ether oxygens (including phenoxy) is 1. The van der Waals surface area contributed by atoms with Crippen molar-refractivity contribution in [2.24, 2.45) is 0 Å². The van der Waals surface area contributed by atoms with Crippen LogP contribution in [0.3, 0.4) is 0 Å². The lowest BCUT2D eigenvalue weighted by Crippen LogP contribution is -2.09. The summed E-state index contributed by atoms with van der Waals surface area (Å²) in [6.07, 6.45) is -2.72. The maximum atomic E-state index is 12.7. The summed E-state index contributed by atoms with van der Waals surface area (Å²) in [7, 11) is 0. The molecule has 94 valence electrons. The second-order valence-corrected chi connectivity index (χ2v) is 3.94. The number of rotatable bonds is 4. The first kappa shape index (κ1) is 14.3. The van der Waals surface area contributed by atoms with E-state index in [1.165, 1.54) is 0 Å². The van der Waals surface area contributed by atoms with Gasteiger partial charge in [-0.1, -0.05) is 27.5 Å². The van der Waals surface area contributed by atoms with Gasteiger partial charge in [-0.2, -0.15) is 0 Å². The van der Waals surface area contributed by atoms with Crippen molar-refractivity contribution in [1.82, 2.24) is 4.98 Å². The van der Waals surface area contributed by atoms with E-state index in [4.69, 9.17) is 16.3 Å². The highest BCUT2D eigenvalue weighted by molar-refractivity contribution is 9.08. The zero-order valence-corrected chi connectivity index (χ0v) is 11.2. The number of alkyl halides is 3. The number of pyridine rings is 1. The summed E-state index contributed by atoms with van der Waals surface area (Å²) in [5, 5.41) is -0.00234. The molecule has 7 heteroatoms. The quantitative estimate of drug-likeness (QED) is 0.480. The summed E-state index contributed by atoms with van der Waals surface area (Å²) in [5.41, 5.74) is -0.360. The van der Waals surface area contributed by atoms with Crippen LogP contribution >= 0.6 is 27.5 Å². The first-order valence-corrected chi connectivity index (χ1v) is 6.21. The van der Waals surface area contributed by atoms with Gasteiger partial charge in [0.15, 0.2) is 0 Å². The van der Waals surface area contributed by atoms with Crippen LogP contribution in [0.2, 0.25) is 5.15 Å². The Morgan fingerprint density at radius 1 is 1.65 bits per heavy atom. The van der Waals surface area contributed by atoms with Crippen LogP contribution in [0.15, 0.2) is 6.07 Å². The topological polar surface area (TPSA) is 39.2 Å². The summed E-state index contributed by atoms with van der Waals surface area (Å²) in [5.74, 6) is -0.756. The molecule has 0 fully saturated rings. The number of aromatic nitrogens is 1. The molecule has 0 amide bonds. The molecular formula is C10H9BrClF2NO2. The Labute approximate surface area is 110 Å². The Morgan fingerprint density at radius 3 is 2.76 bits per heavy atom. The SMILES string of the molecule is CCOC(=O)c1cc(C(F)F)c(CBr)nc1Cl. The number of nitrogens with zero attached hydrogens (tertiary/aromatic N) is 1. The molecule has 0 bridgehead atoms. The van der Waals surface area contributed by atoms with Crippen molar-refractivity contribution >= 4 is 33.5 Å². The van der Waals surface area contributed by atoms with E-state index in [2.05, 4.69) is 20.9 Å². The number of hydrogen-bond acceptors (Lipinski definition) is 3. The van der Waals surface area contributed by atoms with Crippen molar-refractivity contribution in [3.63, 3.8) is 0 Å². The van der Waals surface area contributed by atoms with E-state index in [0.717, 1.165) is 6.07 Å². The highest BCUT2D eigenvalue weighted by Gasteiger charge is 2.21. The molecule has 0 aliphatic rings. The van der Waals surface area contributed by atoms with Gasteiger partial charge in [0.05, 0.1) is 17.9 Å². The molecule has 0 aromatic carbocycles. The summed E-state index contributed by atoms with van der Waals surface area (Å²) < 4.78 is 30.1. The van der Waals surface area contributed by atoms with E-state index in [-0.39, 0.29) is 33.9 Å². The van der Waals surface area contributed by atoms with Gasteiger partial charge in [0, 0.05) is 10.9 Å². The molecule has 0 aliphatic heterocycles. The Morgan fingerprint density at radius 2 is 2.29 bits per heavy atom. The van der Waals surface area contributed by atoms with Crippen LogP contribution in [0.25, 0.3) is 0 Å². The van der Waals surface area contributed by atoms with Gasteiger partial charge in [0.2, 0.25) is 0 Å². The average molecular weight is 329 g/mol. The van der Waals surface area contributed by atoms with Crippen LogP contribution in [-0.4, -0.2) is 17.6 Å². The zero-order valence-electron chi connectivity index (χ0n) is 8.84. The van der Waals surface area contributed by atoms with Crippen LogP contribution in [0.4, 0.5) is 8.78 Å². The Bertz CT molecular complexity index is 429. The summed E-state index contributed by atoms with van der Waals surface area (Å²) >= 11 is 8.77. The first-order valence-electron chi connectivity index (χ1n) is 4.71. The molecule has 1 rings (SSSR count). The van der Waals surface area contributed by atoms with Gasteiger partial charge < -0.3 is 4.74 Å². The van der Waals surface area contributed by atoms with E-state index < -0.39 is 12.4 Å². The minimum absolute atomic E-state index is 0.109. The van der Waals surface area contributed by atoms with E-state index in [1.807, 2.05) is 0 Å². The maximum absolute atomic E-state index is 12.7. The molecule has 0 saturated heterocycles. The Kier molecular flexibility index (Phi) is 5.27. The van der Waals surface area contributed by atoms with Crippen LogP contribution in [-0.2, 0) is 10.1 Å². The lowest BCUT2D eigenvalue weighted by molar-refractivity contribution is 0.0525. The summed E-state index contributed by atoms with van der Waals surface area (Å²) in [4.78, 5) is 15.2.